The Morgan fingerprint density at radius 3 is 2.42 bits per heavy atom. The van der Waals surface area contributed by atoms with Crippen molar-refractivity contribution in [3.63, 3.8) is 0 Å². The lowest BCUT2D eigenvalue weighted by molar-refractivity contribution is -0.295. The van der Waals surface area contributed by atoms with Crippen LogP contribution >= 0.6 is 28.1 Å². The van der Waals surface area contributed by atoms with E-state index in [1.807, 2.05) is 89.3 Å². The number of Topliss-reactive ketones (excluding diaryl/α,β-unsaturated/α-hetero) is 1. The molecule has 2 aromatic carbocycles. The Kier molecular flexibility index (Phi) is 20.5. The van der Waals surface area contributed by atoms with Crippen molar-refractivity contribution >= 4 is 51.6 Å². The molecular weight excluding hydrogens is 974 g/mol. The second-order valence-corrected chi connectivity index (χ2v) is 20.8. The summed E-state index contributed by atoms with van der Waals surface area (Å²) < 4.78 is 45.0. The number of methoxy groups -OCH3 is 1. The third kappa shape index (κ3) is 13.8. The van der Waals surface area contributed by atoms with Crippen molar-refractivity contribution in [2.75, 3.05) is 46.3 Å². The number of aliphatic hydroxyl groups excluding tert-OH is 1. The van der Waals surface area contributed by atoms with Crippen molar-refractivity contribution in [3.8, 4) is 11.3 Å². The first-order valence-electron chi connectivity index (χ1n) is 24.0. The number of unbranched alkanes of at least 4 members (excludes halogenated alkanes) is 1. The maximum Gasteiger partial charge on any atom is 0.410 e. The van der Waals surface area contributed by atoms with Gasteiger partial charge in [-0.15, -0.1) is 5.10 Å². The fraction of sp³-hybridized carbons (Fsp3) is 0.660. The molecule has 0 radical (unpaired) electrons. The van der Waals surface area contributed by atoms with Crippen LogP contribution in [-0.4, -0.2) is 148 Å². The fourth-order valence-electron chi connectivity index (χ4n) is 10.4. The molecule has 3 saturated heterocycles. The molecular formula is C50H75BrFN7O9S. The van der Waals surface area contributed by atoms with Crippen LogP contribution < -0.4 is 11.1 Å². The van der Waals surface area contributed by atoms with Gasteiger partial charge < -0.3 is 44.7 Å². The van der Waals surface area contributed by atoms with Crippen LogP contribution in [0.1, 0.15) is 86.1 Å². The first-order chi connectivity index (χ1) is 32.7. The molecule has 6 rings (SSSR count). The van der Waals surface area contributed by atoms with Crippen LogP contribution in [0.4, 0.5) is 14.4 Å². The van der Waals surface area contributed by atoms with Gasteiger partial charge >= 0.3 is 12.1 Å². The third-order valence-corrected chi connectivity index (χ3v) is 14.5. The highest BCUT2D eigenvalue weighted by Gasteiger charge is 2.59. The molecule has 3 aromatic rings. The molecule has 0 bridgehead atoms. The molecule has 19 heteroatoms. The number of hydrogen-bond acceptors (Lipinski definition) is 15. The molecule has 2 unspecified atom stereocenters. The highest BCUT2D eigenvalue weighted by molar-refractivity contribution is 9.10. The number of carbonyl (C=O) groups is 3. The highest BCUT2D eigenvalue weighted by atomic mass is 79.9. The number of anilines is 1. The number of aromatic nitrogens is 3. The molecule has 3 fully saturated rings. The summed E-state index contributed by atoms with van der Waals surface area (Å²) in [4.78, 5) is 47.0. The number of rotatable bonds is 13. The minimum Gasteiger partial charge on any atom is -0.458 e. The number of ketones is 1. The number of nitrogen functional groups attached to an aromatic ring is 1. The van der Waals surface area contributed by atoms with Gasteiger partial charge in [0, 0.05) is 72.3 Å². The van der Waals surface area contributed by atoms with Crippen molar-refractivity contribution in [2.45, 2.75) is 154 Å². The Morgan fingerprint density at radius 1 is 1.07 bits per heavy atom. The van der Waals surface area contributed by atoms with Crippen molar-refractivity contribution < 1.29 is 47.1 Å². The van der Waals surface area contributed by atoms with Gasteiger partial charge in [0.15, 0.2) is 17.7 Å². The van der Waals surface area contributed by atoms with Gasteiger partial charge in [0.2, 0.25) is 0 Å². The number of esters is 1. The molecule has 0 aliphatic carbocycles. The molecule has 384 valence electrons. The Hall–Kier alpha value is -3.69. The van der Waals surface area contributed by atoms with Gasteiger partial charge in [-0.2, -0.15) is 3.89 Å². The van der Waals surface area contributed by atoms with E-state index in [9.17, 15) is 23.4 Å². The summed E-state index contributed by atoms with van der Waals surface area (Å²) in [6, 6.07) is 14.3. The summed E-state index contributed by atoms with van der Waals surface area (Å²) in [6.45, 7) is 14.4. The Balaban J connectivity index is 0.00000288. The van der Waals surface area contributed by atoms with Gasteiger partial charge in [0.05, 0.1) is 30.0 Å². The van der Waals surface area contributed by atoms with Crippen LogP contribution in [0.15, 0.2) is 59.2 Å². The zero-order chi connectivity index (χ0) is 50.8. The lowest BCUT2D eigenvalue weighted by Gasteiger charge is -2.46. The number of nitrogens with two attached hydrogens (primary N) is 1. The minimum atomic E-state index is -1.32. The topological polar surface area (TPSA) is 193 Å². The number of carbonyl (C=O) groups excluding carboxylic acids is 3. The number of nitrogens with zero attached hydrogens (tertiary/aromatic N) is 5. The van der Waals surface area contributed by atoms with Crippen LogP contribution in [0.2, 0.25) is 0 Å². The fourth-order valence-corrected chi connectivity index (χ4v) is 10.8. The van der Waals surface area contributed by atoms with Gasteiger partial charge in [0.25, 0.3) is 0 Å². The van der Waals surface area contributed by atoms with Gasteiger partial charge in [-0.05, 0) is 123 Å². The molecule has 13 atom stereocenters. The number of aliphatic hydroxyl groups is 1. The van der Waals surface area contributed by atoms with E-state index in [1.165, 1.54) is 6.26 Å². The number of likely N-dealkylation sites (N-methyl/N-ethyl adjacent to an activating group) is 1. The SMILES string of the molecule is CC[C@H]1OC(=O)[C@H](C)C(=O)[C@H](C)[C@@H](O[C@@H]2O[C@H](C)CC(N(C)C)C2O)[C@](C)(OC)C[C@@H](C)CN[C@H](Cc2cccc(Br)c2)[C@H]2N(CCCCn3cc(-c4cccc(N)c4)nn3)C(=O)O[C@]12C.CSF. The highest BCUT2D eigenvalue weighted by Crippen LogP contribution is 2.41. The van der Waals surface area contributed by atoms with E-state index in [2.05, 4.69) is 50.6 Å². The second-order valence-electron chi connectivity index (χ2n) is 19.6. The molecule has 69 heavy (non-hydrogen) atoms. The predicted octanol–water partition coefficient (Wildman–Crippen LogP) is 7.50. The predicted molar refractivity (Wildman–Crippen MR) is 269 cm³/mol. The summed E-state index contributed by atoms with van der Waals surface area (Å²) in [5, 5.41) is 24.1. The maximum absolute atomic E-state index is 14.6. The maximum atomic E-state index is 14.6. The van der Waals surface area contributed by atoms with Crippen molar-refractivity contribution in [1.29, 1.82) is 0 Å². The van der Waals surface area contributed by atoms with Crippen LogP contribution in [0.3, 0.4) is 0 Å². The van der Waals surface area contributed by atoms with E-state index in [0.717, 1.165) is 21.3 Å². The van der Waals surface area contributed by atoms with E-state index in [1.54, 1.807) is 30.5 Å². The van der Waals surface area contributed by atoms with Gasteiger partial charge in [-0.1, -0.05) is 66.2 Å². The number of nitrogens with one attached hydrogen (secondary N) is 1. The molecule has 3 aliphatic heterocycles. The first-order valence-corrected chi connectivity index (χ1v) is 25.9. The second kappa shape index (κ2) is 25.1. The molecule has 1 aromatic heterocycles. The number of ether oxygens (including phenoxy) is 5. The summed E-state index contributed by atoms with van der Waals surface area (Å²) in [5.74, 6) is -3.30. The molecule has 3 aliphatic rings. The summed E-state index contributed by atoms with van der Waals surface area (Å²) in [7, 11) is 5.40. The lowest BCUT2D eigenvalue weighted by atomic mass is 9.78. The van der Waals surface area contributed by atoms with Gasteiger partial charge in [-0.25, -0.2) is 4.79 Å². The monoisotopic (exact) mass is 1050 g/mol. The summed E-state index contributed by atoms with van der Waals surface area (Å²) in [5.41, 5.74) is 6.87. The number of hydrogen-bond donors (Lipinski definition) is 3. The van der Waals surface area contributed by atoms with Crippen molar-refractivity contribution in [1.82, 2.24) is 30.1 Å². The molecule has 1 amide bonds. The largest absolute Gasteiger partial charge is 0.458 e. The quantitative estimate of drug-likeness (QED) is 0.0659. The average molecular weight is 1050 g/mol. The average Bonchev–Trinajstić information content (AvgIpc) is 3.88. The number of cyclic esters (lactones) is 1. The first kappa shape index (κ1) is 56.2. The Labute approximate surface area is 420 Å². The van der Waals surface area contributed by atoms with E-state index in [0.29, 0.717) is 63.8 Å². The zero-order valence-corrected chi connectivity index (χ0v) is 44.5. The Bertz CT molecular complexity index is 2160. The lowest BCUT2D eigenvalue weighted by Crippen LogP contribution is -2.62. The van der Waals surface area contributed by atoms with E-state index >= 15 is 0 Å². The van der Waals surface area contributed by atoms with Crippen molar-refractivity contribution in [3.05, 3.63) is 64.8 Å². The summed E-state index contributed by atoms with van der Waals surface area (Å²) in [6.07, 6.45) is 1.79. The number of amides is 1. The standard InChI is InChI=1S/C49H72BrN7O9.CH3FS/c1-11-40-49(7)43(57(47(61)66-49)21-13-12-20-56-28-38(53-54-56)34-17-15-19-36(51)25-34)37(24-33-16-14-18-35(50)23-33)52-27-29(2)26-48(6,62-10)44(31(4)41(58)32(5)45(60)64-40)65-46-42(59)39(55(8)9)22-30(3)63-46;1-3-2/h14-19,23,25,28-32,37,39-40,42-44,46,52,59H,11-13,20-22,24,26-27,51H2,1-10H3;1H3/t29-,30-,31+,32-,37-,39?,40-,42?,43-,44-,46+,48-,49-;/m1./s1. The van der Waals surface area contributed by atoms with Gasteiger partial charge in [0.1, 0.15) is 23.8 Å². The van der Waals surface area contributed by atoms with E-state index in [-0.39, 0.29) is 36.3 Å². The number of fused-ring (bicyclic) bond motifs is 1. The van der Waals surface area contributed by atoms with E-state index in [4.69, 9.17) is 29.4 Å². The molecule has 0 spiro atoms. The van der Waals surface area contributed by atoms with Crippen LogP contribution in [-0.2, 0) is 46.2 Å². The number of halogens is 2. The Morgan fingerprint density at radius 2 is 1.77 bits per heavy atom. The normalized spacial score (nSPS) is 32.6. The molecule has 0 saturated carbocycles. The third-order valence-electron chi connectivity index (χ3n) is 14.0. The van der Waals surface area contributed by atoms with E-state index < -0.39 is 71.5 Å². The molecule has 16 nitrogen and oxygen atoms in total. The van der Waals surface area contributed by atoms with Crippen molar-refractivity contribution in [2.24, 2.45) is 17.8 Å². The van der Waals surface area contributed by atoms with Crippen LogP contribution in [0, 0.1) is 17.8 Å². The minimum absolute atomic E-state index is 0.0703. The molecule has 4 N–H and O–H groups in total. The number of benzene rings is 2. The summed E-state index contributed by atoms with van der Waals surface area (Å²) >= 11 is 3.90. The van der Waals surface area contributed by atoms with Gasteiger partial charge in [-0.3, -0.25) is 19.2 Å². The van der Waals surface area contributed by atoms with Crippen LogP contribution in [0.25, 0.3) is 11.3 Å². The molecule has 4 heterocycles. The smallest absolute Gasteiger partial charge is 0.410 e. The van der Waals surface area contributed by atoms with Crippen LogP contribution in [0.5, 0.6) is 0 Å². The number of aryl methyl sites for hydroxylation is 1. The zero-order valence-electron chi connectivity index (χ0n) is 42.1.